The molecule has 1 saturated heterocycles. The van der Waals surface area contributed by atoms with E-state index in [9.17, 15) is 35.6 Å². The molecule has 1 fully saturated rings. The molecule has 144 valence electrons. The standard InChI is InChI=1S/C13H12F4N2O6S/c14-9-7(12(21)22)3-4-8(10(9)25-13(15,16)17)11(20)18-26(23,24)19-5-1-2-6-19/h3-4H,1-2,5-6H2,(H,18,20)(H,21,22). The minimum Gasteiger partial charge on any atom is -0.478 e. The maximum absolute atomic E-state index is 14.1. The van der Waals surface area contributed by atoms with Crippen molar-refractivity contribution >= 4 is 22.1 Å². The molecule has 0 spiro atoms. The molecule has 0 radical (unpaired) electrons. The molecule has 1 amide bonds. The van der Waals surface area contributed by atoms with Crippen molar-refractivity contribution in [1.82, 2.24) is 9.03 Å². The van der Waals surface area contributed by atoms with Crippen LogP contribution in [0.4, 0.5) is 17.6 Å². The van der Waals surface area contributed by atoms with Crippen molar-refractivity contribution in [3.05, 3.63) is 29.1 Å². The number of benzene rings is 1. The Labute approximate surface area is 144 Å². The summed E-state index contributed by atoms with van der Waals surface area (Å²) in [4.78, 5) is 22.9. The number of ether oxygens (including phenoxy) is 1. The van der Waals surface area contributed by atoms with Crippen LogP contribution in [0.2, 0.25) is 0 Å². The average Bonchev–Trinajstić information content (AvgIpc) is 3.02. The highest BCUT2D eigenvalue weighted by Crippen LogP contribution is 2.31. The van der Waals surface area contributed by atoms with Crippen molar-refractivity contribution in [3.8, 4) is 5.75 Å². The summed E-state index contributed by atoms with van der Waals surface area (Å²) in [5.74, 6) is -7.18. The predicted octanol–water partition coefficient (Wildman–Crippen LogP) is 1.49. The molecule has 0 atom stereocenters. The smallest absolute Gasteiger partial charge is 0.478 e. The molecule has 26 heavy (non-hydrogen) atoms. The Morgan fingerprint density at radius 1 is 1.15 bits per heavy atom. The number of halogens is 4. The first kappa shape index (κ1) is 19.9. The van der Waals surface area contributed by atoms with E-state index in [0.29, 0.717) is 25.0 Å². The number of rotatable bonds is 5. The second-order valence-electron chi connectivity index (χ2n) is 5.20. The number of nitrogens with one attached hydrogen (secondary N) is 1. The van der Waals surface area contributed by atoms with E-state index in [-0.39, 0.29) is 13.1 Å². The quantitative estimate of drug-likeness (QED) is 0.725. The fourth-order valence-electron chi connectivity index (χ4n) is 2.28. The summed E-state index contributed by atoms with van der Waals surface area (Å²) in [6.07, 6.45) is -4.36. The first-order valence-electron chi connectivity index (χ1n) is 7.06. The number of carbonyl (C=O) groups excluding carboxylic acids is 1. The van der Waals surface area contributed by atoms with Gasteiger partial charge in [0.2, 0.25) is 0 Å². The van der Waals surface area contributed by atoms with Gasteiger partial charge in [-0.1, -0.05) is 0 Å². The van der Waals surface area contributed by atoms with E-state index in [4.69, 9.17) is 5.11 Å². The molecule has 0 saturated carbocycles. The Morgan fingerprint density at radius 3 is 2.19 bits per heavy atom. The highest BCUT2D eigenvalue weighted by molar-refractivity contribution is 7.87. The number of hydrogen-bond acceptors (Lipinski definition) is 5. The van der Waals surface area contributed by atoms with E-state index >= 15 is 0 Å². The summed E-state index contributed by atoms with van der Waals surface area (Å²) >= 11 is 0. The lowest BCUT2D eigenvalue weighted by Crippen LogP contribution is -2.42. The van der Waals surface area contributed by atoms with Crippen molar-refractivity contribution in [2.45, 2.75) is 19.2 Å². The third kappa shape index (κ3) is 4.40. The molecule has 1 aliphatic rings. The average molecular weight is 400 g/mol. The van der Waals surface area contributed by atoms with Gasteiger partial charge in [0.15, 0.2) is 11.6 Å². The molecule has 1 aromatic carbocycles. The third-order valence-corrected chi connectivity index (χ3v) is 4.90. The molecular weight excluding hydrogens is 388 g/mol. The molecule has 8 nitrogen and oxygen atoms in total. The van der Waals surface area contributed by atoms with Crippen molar-refractivity contribution in [1.29, 1.82) is 0 Å². The first-order valence-corrected chi connectivity index (χ1v) is 8.50. The van der Waals surface area contributed by atoms with Gasteiger partial charge in [0.25, 0.3) is 5.91 Å². The summed E-state index contributed by atoms with van der Waals surface area (Å²) in [6.45, 7) is 0.224. The molecule has 13 heteroatoms. The van der Waals surface area contributed by atoms with Crippen LogP contribution in [0.25, 0.3) is 0 Å². The molecule has 1 heterocycles. The fourth-order valence-corrected chi connectivity index (χ4v) is 3.49. The zero-order chi connectivity index (χ0) is 19.7. The van der Waals surface area contributed by atoms with E-state index in [1.807, 2.05) is 0 Å². The molecule has 2 rings (SSSR count). The SMILES string of the molecule is O=C(O)c1ccc(C(=O)NS(=O)(=O)N2CCCC2)c(OC(F)(F)F)c1F. The fraction of sp³-hybridized carbons (Fsp3) is 0.385. The molecule has 0 unspecified atom stereocenters. The van der Waals surface area contributed by atoms with Gasteiger partial charge in [-0.05, 0) is 25.0 Å². The van der Waals surface area contributed by atoms with E-state index in [0.717, 1.165) is 4.31 Å². The maximum Gasteiger partial charge on any atom is 0.573 e. The van der Waals surface area contributed by atoms with Gasteiger partial charge in [-0.15, -0.1) is 13.2 Å². The van der Waals surface area contributed by atoms with Crippen LogP contribution >= 0.6 is 0 Å². The van der Waals surface area contributed by atoms with Crippen LogP contribution in [0.15, 0.2) is 12.1 Å². The van der Waals surface area contributed by atoms with Gasteiger partial charge >= 0.3 is 22.5 Å². The van der Waals surface area contributed by atoms with E-state index < -0.39 is 51.1 Å². The van der Waals surface area contributed by atoms with Crippen LogP contribution in [0, 0.1) is 5.82 Å². The summed E-state index contributed by atoms with van der Waals surface area (Å²) in [6, 6.07) is 1.06. The van der Waals surface area contributed by atoms with Crippen LogP contribution in [0.5, 0.6) is 5.75 Å². The highest BCUT2D eigenvalue weighted by Gasteiger charge is 2.37. The summed E-state index contributed by atoms with van der Waals surface area (Å²) in [7, 11) is -4.35. The van der Waals surface area contributed by atoms with Crippen LogP contribution < -0.4 is 9.46 Å². The van der Waals surface area contributed by atoms with Gasteiger partial charge in [-0.3, -0.25) is 4.79 Å². The van der Waals surface area contributed by atoms with E-state index in [1.165, 1.54) is 4.72 Å². The number of aromatic carboxylic acids is 1. The number of hydrogen-bond donors (Lipinski definition) is 2. The van der Waals surface area contributed by atoms with Crippen LogP contribution in [-0.4, -0.2) is 49.2 Å². The number of alkyl halides is 3. The first-order chi connectivity index (χ1) is 11.9. The zero-order valence-corrected chi connectivity index (χ0v) is 13.7. The van der Waals surface area contributed by atoms with Crippen molar-refractivity contribution in [3.63, 3.8) is 0 Å². The van der Waals surface area contributed by atoms with Crippen molar-refractivity contribution in [2.75, 3.05) is 13.1 Å². The van der Waals surface area contributed by atoms with Crippen LogP contribution in [0.1, 0.15) is 33.6 Å². The van der Waals surface area contributed by atoms with E-state index in [1.54, 1.807) is 0 Å². The Bertz CT molecular complexity index is 834. The highest BCUT2D eigenvalue weighted by atomic mass is 32.2. The predicted molar refractivity (Wildman–Crippen MR) is 77.2 cm³/mol. The number of nitrogens with zero attached hydrogens (tertiary/aromatic N) is 1. The molecule has 1 aromatic rings. The normalized spacial score (nSPS) is 15.7. The van der Waals surface area contributed by atoms with Gasteiger partial charge in [0.1, 0.15) is 0 Å². The Morgan fingerprint density at radius 2 is 1.69 bits per heavy atom. The number of amides is 1. The van der Waals surface area contributed by atoms with Crippen LogP contribution in [-0.2, 0) is 10.2 Å². The Kier molecular flexibility index (Phi) is 5.41. The maximum atomic E-state index is 14.1. The number of carboxylic acids is 1. The molecule has 0 bridgehead atoms. The Hall–Kier alpha value is -2.41. The van der Waals surface area contributed by atoms with Gasteiger partial charge in [0, 0.05) is 13.1 Å². The van der Waals surface area contributed by atoms with Gasteiger partial charge in [-0.25, -0.2) is 13.9 Å². The monoisotopic (exact) mass is 400 g/mol. The molecule has 0 aliphatic carbocycles. The second kappa shape index (κ2) is 7.07. The zero-order valence-electron chi connectivity index (χ0n) is 12.8. The summed E-state index contributed by atoms with van der Waals surface area (Å²) < 4.78 is 81.4. The molecule has 1 aliphatic heterocycles. The molecule has 2 N–H and O–H groups in total. The van der Waals surface area contributed by atoms with Gasteiger partial charge in [-0.2, -0.15) is 12.7 Å². The second-order valence-corrected chi connectivity index (χ2v) is 6.87. The number of carboxylic acid groups (broad SMARTS) is 1. The summed E-state index contributed by atoms with van der Waals surface area (Å²) in [5.41, 5.74) is -2.30. The lowest BCUT2D eigenvalue weighted by molar-refractivity contribution is -0.275. The minimum atomic E-state index is -5.44. The van der Waals surface area contributed by atoms with Gasteiger partial charge < -0.3 is 9.84 Å². The molecular formula is C13H12F4N2O6S. The topological polar surface area (TPSA) is 113 Å². The molecule has 0 aromatic heterocycles. The Balaban J connectivity index is 2.42. The van der Waals surface area contributed by atoms with E-state index in [2.05, 4.69) is 4.74 Å². The summed E-state index contributed by atoms with van der Waals surface area (Å²) in [5, 5.41) is 8.77. The number of carbonyl (C=O) groups is 2. The third-order valence-electron chi connectivity index (χ3n) is 3.42. The van der Waals surface area contributed by atoms with Crippen molar-refractivity contribution in [2.24, 2.45) is 0 Å². The minimum absolute atomic E-state index is 0.112. The lowest BCUT2D eigenvalue weighted by atomic mass is 10.1. The lowest BCUT2D eigenvalue weighted by Gasteiger charge is -2.18. The van der Waals surface area contributed by atoms with Crippen LogP contribution in [0.3, 0.4) is 0 Å². The van der Waals surface area contributed by atoms with Gasteiger partial charge in [0.05, 0.1) is 11.1 Å². The van der Waals surface area contributed by atoms with Crippen molar-refractivity contribution < 1.29 is 45.4 Å². The largest absolute Gasteiger partial charge is 0.573 e.